The lowest BCUT2D eigenvalue weighted by Gasteiger charge is -2.28. The molecule has 24 heteroatoms. The van der Waals surface area contributed by atoms with E-state index in [0.717, 1.165) is 10.5 Å². The van der Waals surface area contributed by atoms with Gasteiger partial charge in [-0.25, -0.2) is 9.59 Å². The number of carbonyl (C=O) groups excluding carboxylic acids is 7. The van der Waals surface area contributed by atoms with Crippen LogP contribution in [0.15, 0.2) is 71.4 Å². The first kappa shape index (κ1) is 63.2. The molecular weight excluding hydrogens is 981 g/mol. The molecule has 0 spiro atoms. The Labute approximate surface area is 435 Å². The SMILES string of the molecule is C=C1C(=O)N[C@H](C)C(=O)N[C@@H](CCS(=O)CCC)C(=O)N[C@@H](C(=O)O)[C@H](C)C(=O)N[C@@H](CCCN=C(N)N)C(=O)N[C@@H](/C=C/C(C)=C/[C@H](C)[C@H](Cc2ccccc2)OC)[C@H](C)C(=O)N[C@@H](C(=O)O)CCC(=O)N1C. The zero-order chi connectivity index (χ0) is 55.8. The molecule has 1 unspecified atom stereocenters. The zero-order valence-corrected chi connectivity index (χ0v) is 44.3. The highest BCUT2D eigenvalue weighted by Crippen LogP contribution is 2.19. The average Bonchev–Trinajstić information content (AvgIpc) is 3.35. The molecular formula is C50H76N10O13S. The van der Waals surface area contributed by atoms with Crippen molar-refractivity contribution in [3.8, 4) is 0 Å². The van der Waals surface area contributed by atoms with E-state index in [0.29, 0.717) is 18.4 Å². The van der Waals surface area contributed by atoms with Crippen LogP contribution in [0.25, 0.3) is 0 Å². The Morgan fingerprint density at radius 2 is 1.47 bits per heavy atom. The number of rotatable bonds is 18. The summed E-state index contributed by atoms with van der Waals surface area (Å²) in [5, 5.41) is 35.4. The van der Waals surface area contributed by atoms with Crippen LogP contribution in [0.2, 0.25) is 0 Å². The molecule has 1 aliphatic heterocycles. The highest BCUT2D eigenvalue weighted by atomic mass is 32.2. The second kappa shape index (κ2) is 31.6. The summed E-state index contributed by atoms with van der Waals surface area (Å²) in [6.07, 6.45) is 4.77. The number of allylic oxidation sites excluding steroid dienone is 2. The number of amides is 7. The van der Waals surface area contributed by atoms with Gasteiger partial charge in [-0.3, -0.25) is 42.8 Å². The highest BCUT2D eigenvalue weighted by molar-refractivity contribution is 7.84. The maximum atomic E-state index is 14.4. The first-order valence-corrected chi connectivity index (χ1v) is 25.9. The molecule has 1 aromatic carbocycles. The fourth-order valence-corrected chi connectivity index (χ4v) is 8.76. The number of carbonyl (C=O) groups is 9. The van der Waals surface area contributed by atoms with Gasteiger partial charge in [0.25, 0.3) is 5.91 Å². The number of benzene rings is 1. The van der Waals surface area contributed by atoms with Crippen molar-refractivity contribution in [2.45, 2.75) is 129 Å². The van der Waals surface area contributed by atoms with Gasteiger partial charge in [0.15, 0.2) is 5.96 Å². The molecule has 23 nitrogen and oxygen atoms in total. The van der Waals surface area contributed by atoms with Gasteiger partial charge in [-0.2, -0.15) is 0 Å². The summed E-state index contributed by atoms with van der Waals surface area (Å²) in [7, 11) is 1.35. The van der Waals surface area contributed by atoms with E-state index < -0.39 is 131 Å². The van der Waals surface area contributed by atoms with Crippen LogP contribution in [0.3, 0.4) is 0 Å². The Bertz CT molecular complexity index is 2270. The molecule has 410 valence electrons. The van der Waals surface area contributed by atoms with Crippen LogP contribution in [-0.4, -0.2) is 153 Å². The van der Waals surface area contributed by atoms with E-state index in [1.807, 2.05) is 43.3 Å². The number of nitrogens with two attached hydrogens (primary N) is 2. The number of ether oxygens (including phenoxy) is 1. The average molecular weight is 1060 g/mol. The van der Waals surface area contributed by atoms with Crippen LogP contribution in [0, 0.1) is 17.8 Å². The topological polar surface area (TPSA) is 360 Å². The predicted molar refractivity (Wildman–Crippen MR) is 278 cm³/mol. The number of carboxylic acids is 2. The van der Waals surface area contributed by atoms with Crippen LogP contribution in [0.1, 0.15) is 85.6 Å². The van der Waals surface area contributed by atoms with Crippen molar-refractivity contribution in [1.82, 2.24) is 36.8 Å². The fourth-order valence-electron chi connectivity index (χ4n) is 7.60. The molecule has 0 bridgehead atoms. The molecule has 11 atom stereocenters. The summed E-state index contributed by atoms with van der Waals surface area (Å²) < 4.78 is 18.5. The summed E-state index contributed by atoms with van der Waals surface area (Å²) >= 11 is 0. The van der Waals surface area contributed by atoms with Gasteiger partial charge in [0.05, 0.1) is 24.0 Å². The maximum Gasteiger partial charge on any atom is 0.327 e. The maximum absolute atomic E-state index is 14.4. The van der Waals surface area contributed by atoms with E-state index in [4.69, 9.17) is 16.2 Å². The Morgan fingerprint density at radius 3 is 2.07 bits per heavy atom. The number of nitrogens with zero attached hydrogens (tertiary/aromatic N) is 2. The van der Waals surface area contributed by atoms with Gasteiger partial charge in [0, 0.05) is 55.3 Å². The third-order valence-electron chi connectivity index (χ3n) is 12.3. The molecule has 74 heavy (non-hydrogen) atoms. The molecule has 1 aliphatic rings. The van der Waals surface area contributed by atoms with Crippen LogP contribution in [0.4, 0.5) is 0 Å². The normalized spacial score (nSPS) is 25.1. The smallest absolute Gasteiger partial charge is 0.327 e. The first-order valence-electron chi connectivity index (χ1n) is 24.4. The minimum Gasteiger partial charge on any atom is -0.480 e. The highest BCUT2D eigenvalue weighted by Gasteiger charge is 2.37. The van der Waals surface area contributed by atoms with E-state index in [9.17, 15) is 57.6 Å². The number of carboxylic acid groups (broad SMARTS) is 2. The molecule has 12 N–H and O–H groups in total. The van der Waals surface area contributed by atoms with Gasteiger partial charge >= 0.3 is 11.9 Å². The summed E-state index contributed by atoms with van der Waals surface area (Å²) in [5.74, 6) is -12.7. The van der Waals surface area contributed by atoms with Crippen molar-refractivity contribution < 1.29 is 62.3 Å². The number of methoxy groups -OCH3 is 1. The zero-order valence-electron chi connectivity index (χ0n) is 43.5. The molecule has 2 rings (SSSR count). The van der Waals surface area contributed by atoms with Crippen molar-refractivity contribution in [1.29, 1.82) is 0 Å². The number of likely N-dealkylation sites (N-methyl/N-ethyl adjacent to an activating group) is 1. The van der Waals surface area contributed by atoms with Gasteiger partial charge in [-0.05, 0) is 57.9 Å². The number of aliphatic carboxylic acids is 2. The van der Waals surface area contributed by atoms with Gasteiger partial charge in [-0.15, -0.1) is 0 Å². The quantitative estimate of drug-likeness (QED) is 0.0307. The van der Waals surface area contributed by atoms with Gasteiger partial charge in [-0.1, -0.05) is 88.4 Å². The number of hydrogen-bond donors (Lipinski definition) is 10. The summed E-state index contributed by atoms with van der Waals surface area (Å²) in [4.78, 5) is 126. The largest absolute Gasteiger partial charge is 0.480 e. The predicted octanol–water partition coefficient (Wildman–Crippen LogP) is 0.121. The summed E-state index contributed by atoms with van der Waals surface area (Å²) in [6.45, 7) is 13.0. The van der Waals surface area contributed by atoms with Crippen LogP contribution in [-0.2, 0) is 65.1 Å². The molecule has 1 heterocycles. The second-order valence-electron chi connectivity index (χ2n) is 18.3. The first-order chi connectivity index (χ1) is 34.8. The monoisotopic (exact) mass is 1060 g/mol. The van der Waals surface area contributed by atoms with Crippen molar-refractivity contribution in [3.63, 3.8) is 0 Å². The Hall–Kier alpha value is -6.95. The molecule has 0 aliphatic carbocycles. The Balaban J connectivity index is 2.75. The number of aliphatic imine (C=N–C) groups is 1. The van der Waals surface area contributed by atoms with E-state index in [1.165, 1.54) is 33.9 Å². The number of nitrogens with one attached hydrogen (secondary N) is 6. The lowest BCUT2D eigenvalue weighted by molar-refractivity contribution is -0.146. The molecule has 1 fully saturated rings. The third-order valence-corrected chi connectivity index (χ3v) is 13.9. The van der Waals surface area contributed by atoms with Gasteiger partial charge < -0.3 is 63.2 Å². The minimum absolute atomic E-state index is 0.00380. The summed E-state index contributed by atoms with van der Waals surface area (Å²) in [6, 6.07) is 0.563. The van der Waals surface area contributed by atoms with Crippen molar-refractivity contribution >= 4 is 70.0 Å². The van der Waals surface area contributed by atoms with E-state index in [-0.39, 0.29) is 55.3 Å². The van der Waals surface area contributed by atoms with Gasteiger partial charge in [0.1, 0.15) is 35.9 Å². The fraction of sp³-hybridized carbons (Fsp3) is 0.560. The third kappa shape index (κ3) is 21.3. The number of hydrogen-bond acceptors (Lipinski definition) is 12. The number of guanidine groups is 1. The van der Waals surface area contributed by atoms with Crippen molar-refractivity contribution in [2.75, 3.05) is 32.2 Å². The van der Waals surface area contributed by atoms with E-state index in [2.05, 4.69) is 43.5 Å². The molecule has 0 saturated carbocycles. The lowest BCUT2D eigenvalue weighted by Crippen LogP contribution is -2.59. The molecule has 7 amide bonds. The van der Waals surface area contributed by atoms with Crippen LogP contribution < -0.4 is 43.4 Å². The van der Waals surface area contributed by atoms with E-state index >= 15 is 0 Å². The molecule has 1 aromatic rings. The molecule has 0 radical (unpaired) electrons. The standard InChI is InChI=1S/C50H76N10O13S/c1-10-24-74(72)25-22-37-47(67)59-41(49(70)71)31(5)43(63)56-36(17-14-23-53-50(51)52)46(66)55-35(19-18-28(2)26-29(3)39(73-9)27-34-15-12-11-13-16-34)30(4)42(62)58-38(48(68)69)20-21-40(61)60(8)33(7)45(65)54-32(6)44(64)57-37/h11-13,15-16,18-19,26,29-32,35-39,41H,7,10,14,17,20-25,27H2,1-6,8-9H3,(H,54,65)(H,55,66)(H,56,63)(H,57,64)(H,58,62)(H,59,67)(H,68,69)(H,70,71)(H4,51,52,53)/b19-18+,28-26+/t29-,30-,31-,32+,35-,36-,37-,38+,39-,41+,74?/m0/s1. The van der Waals surface area contributed by atoms with Crippen LogP contribution >= 0.6 is 0 Å². The van der Waals surface area contributed by atoms with E-state index in [1.54, 1.807) is 27.0 Å². The van der Waals surface area contributed by atoms with Crippen molar-refractivity contribution in [2.24, 2.45) is 34.2 Å². The minimum atomic E-state index is -1.96. The van der Waals surface area contributed by atoms with Crippen LogP contribution in [0.5, 0.6) is 0 Å². The van der Waals surface area contributed by atoms with Gasteiger partial charge in [0.2, 0.25) is 35.4 Å². The Morgan fingerprint density at radius 1 is 0.865 bits per heavy atom. The molecule has 1 saturated heterocycles. The summed E-state index contributed by atoms with van der Waals surface area (Å²) in [5.41, 5.74) is 12.3. The Kier molecular flexibility index (Phi) is 27.0. The second-order valence-corrected chi connectivity index (χ2v) is 20.0. The van der Waals surface area contributed by atoms with Crippen molar-refractivity contribution in [3.05, 3.63) is 72.0 Å². The molecule has 0 aromatic heterocycles. The lowest BCUT2D eigenvalue weighted by atomic mass is 9.94.